The summed E-state index contributed by atoms with van der Waals surface area (Å²) in [6, 6.07) is 2.24. The lowest BCUT2D eigenvalue weighted by molar-refractivity contribution is 0.0692. The lowest BCUT2D eigenvalue weighted by atomic mass is 10.1. The zero-order valence-electron chi connectivity index (χ0n) is 8.32. The van der Waals surface area contributed by atoms with Gasteiger partial charge in [0.1, 0.15) is 5.56 Å². The molecule has 1 rings (SSSR count). The van der Waals surface area contributed by atoms with Crippen LogP contribution in [-0.4, -0.2) is 23.3 Å². The number of hydrogen-bond donors (Lipinski definition) is 2. The van der Waals surface area contributed by atoms with Gasteiger partial charge in [0.05, 0.1) is 13.2 Å². The summed E-state index contributed by atoms with van der Waals surface area (Å²) in [6.07, 6.45) is -0.927. The molecule has 0 fully saturated rings. The topological polar surface area (TPSA) is 66.8 Å². The molecule has 0 amide bonds. The van der Waals surface area contributed by atoms with E-state index in [0.29, 0.717) is 0 Å². The second-order valence-electron chi connectivity index (χ2n) is 3.06. The van der Waals surface area contributed by atoms with E-state index in [1.165, 1.54) is 20.1 Å². The molecule has 1 unspecified atom stereocenters. The van der Waals surface area contributed by atoms with Gasteiger partial charge in [-0.2, -0.15) is 0 Å². The molecule has 4 nitrogen and oxygen atoms in total. The summed E-state index contributed by atoms with van der Waals surface area (Å²) >= 11 is 0. The van der Waals surface area contributed by atoms with Gasteiger partial charge in [-0.05, 0) is 24.6 Å². The third kappa shape index (κ3) is 2.24. The maximum absolute atomic E-state index is 13.3. The molecule has 15 heavy (non-hydrogen) atoms. The van der Waals surface area contributed by atoms with Gasteiger partial charge in [0.15, 0.2) is 11.6 Å². The Bertz CT molecular complexity index is 387. The molecular weight excluding hydrogens is 203 g/mol. The minimum Gasteiger partial charge on any atom is -0.493 e. The number of halogens is 1. The molecular formula is C10H11FO4. The molecule has 0 saturated carbocycles. The van der Waals surface area contributed by atoms with Crippen LogP contribution in [0.5, 0.6) is 5.75 Å². The maximum Gasteiger partial charge on any atom is 0.339 e. The predicted molar refractivity (Wildman–Crippen MR) is 50.5 cm³/mol. The lowest BCUT2D eigenvalue weighted by Crippen LogP contribution is -2.05. The average molecular weight is 214 g/mol. The van der Waals surface area contributed by atoms with Gasteiger partial charge in [-0.3, -0.25) is 0 Å². The van der Waals surface area contributed by atoms with Crippen molar-refractivity contribution in [1.29, 1.82) is 0 Å². The average Bonchev–Trinajstić information content (AvgIpc) is 2.16. The van der Waals surface area contributed by atoms with Crippen molar-refractivity contribution in [1.82, 2.24) is 0 Å². The standard InChI is InChI=1S/C10H11FO4/c1-5(12)6-3-7(10(13)14)9(15-2)8(11)4-6/h3-5,12H,1-2H3,(H,13,14). The summed E-state index contributed by atoms with van der Waals surface area (Å²) < 4.78 is 18.0. The third-order valence-corrected chi connectivity index (χ3v) is 1.98. The molecule has 1 aromatic carbocycles. The Morgan fingerprint density at radius 1 is 1.53 bits per heavy atom. The smallest absolute Gasteiger partial charge is 0.339 e. The van der Waals surface area contributed by atoms with E-state index in [0.717, 1.165) is 6.07 Å². The highest BCUT2D eigenvalue weighted by Gasteiger charge is 2.18. The van der Waals surface area contributed by atoms with Crippen LogP contribution in [-0.2, 0) is 0 Å². The number of aliphatic hydroxyl groups excluding tert-OH is 1. The van der Waals surface area contributed by atoms with Crippen molar-refractivity contribution in [2.24, 2.45) is 0 Å². The largest absolute Gasteiger partial charge is 0.493 e. The van der Waals surface area contributed by atoms with Crippen molar-refractivity contribution >= 4 is 5.97 Å². The molecule has 1 atom stereocenters. The van der Waals surface area contributed by atoms with Crippen LogP contribution in [0, 0.1) is 5.82 Å². The molecule has 0 aromatic heterocycles. The first-order valence-corrected chi connectivity index (χ1v) is 4.26. The van der Waals surface area contributed by atoms with Crippen molar-refractivity contribution in [3.63, 3.8) is 0 Å². The number of rotatable bonds is 3. The number of benzene rings is 1. The summed E-state index contributed by atoms with van der Waals surface area (Å²) in [5.41, 5.74) is -0.0981. The van der Waals surface area contributed by atoms with Crippen molar-refractivity contribution < 1.29 is 24.1 Å². The second-order valence-corrected chi connectivity index (χ2v) is 3.06. The normalized spacial score (nSPS) is 12.3. The third-order valence-electron chi connectivity index (χ3n) is 1.98. The van der Waals surface area contributed by atoms with E-state index in [4.69, 9.17) is 5.11 Å². The minimum atomic E-state index is -1.30. The summed E-state index contributed by atoms with van der Waals surface area (Å²) in [6.45, 7) is 1.42. The number of carboxylic acids is 1. The molecule has 0 spiro atoms. The van der Waals surface area contributed by atoms with E-state index in [1.807, 2.05) is 0 Å². The summed E-state index contributed by atoms with van der Waals surface area (Å²) in [5.74, 6) is -2.42. The first-order valence-electron chi connectivity index (χ1n) is 4.26. The van der Waals surface area contributed by atoms with Crippen LogP contribution in [0.1, 0.15) is 28.9 Å². The highest BCUT2D eigenvalue weighted by atomic mass is 19.1. The highest BCUT2D eigenvalue weighted by molar-refractivity contribution is 5.91. The lowest BCUT2D eigenvalue weighted by Gasteiger charge is -2.10. The molecule has 0 radical (unpaired) electrons. The van der Waals surface area contributed by atoms with Gasteiger partial charge in [0.2, 0.25) is 0 Å². The van der Waals surface area contributed by atoms with E-state index in [-0.39, 0.29) is 16.9 Å². The van der Waals surface area contributed by atoms with Crippen LogP contribution in [0.4, 0.5) is 4.39 Å². The molecule has 1 aromatic rings. The van der Waals surface area contributed by atoms with Crippen molar-refractivity contribution in [3.05, 3.63) is 29.1 Å². The zero-order valence-corrected chi connectivity index (χ0v) is 8.32. The van der Waals surface area contributed by atoms with Gasteiger partial charge in [-0.25, -0.2) is 9.18 Å². The predicted octanol–water partition coefficient (Wildman–Crippen LogP) is 1.59. The number of methoxy groups -OCH3 is 1. The summed E-state index contributed by atoms with van der Waals surface area (Å²) in [5, 5.41) is 18.0. The van der Waals surface area contributed by atoms with Crippen LogP contribution in [0.2, 0.25) is 0 Å². The first kappa shape index (κ1) is 11.5. The van der Waals surface area contributed by atoms with Crippen molar-refractivity contribution in [3.8, 4) is 5.75 Å². The molecule has 2 N–H and O–H groups in total. The first-order chi connectivity index (χ1) is 6.97. The van der Waals surface area contributed by atoms with Crippen molar-refractivity contribution in [2.75, 3.05) is 7.11 Å². The Morgan fingerprint density at radius 3 is 2.53 bits per heavy atom. The number of ether oxygens (including phenoxy) is 1. The van der Waals surface area contributed by atoms with Gasteiger partial charge >= 0.3 is 5.97 Å². The molecule has 0 aliphatic heterocycles. The van der Waals surface area contributed by atoms with Gasteiger partial charge < -0.3 is 14.9 Å². The quantitative estimate of drug-likeness (QED) is 0.801. The van der Waals surface area contributed by atoms with Gasteiger partial charge in [0.25, 0.3) is 0 Å². The Balaban J connectivity index is 3.38. The molecule has 0 saturated heterocycles. The van der Waals surface area contributed by atoms with Gasteiger partial charge in [-0.1, -0.05) is 0 Å². The fourth-order valence-corrected chi connectivity index (χ4v) is 1.22. The monoisotopic (exact) mass is 214 g/mol. The van der Waals surface area contributed by atoms with Gasteiger partial charge in [0, 0.05) is 0 Å². The Hall–Kier alpha value is -1.62. The maximum atomic E-state index is 13.3. The Kier molecular flexibility index (Phi) is 3.26. The van der Waals surface area contributed by atoms with Crippen molar-refractivity contribution in [2.45, 2.75) is 13.0 Å². The Morgan fingerprint density at radius 2 is 2.13 bits per heavy atom. The zero-order chi connectivity index (χ0) is 11.6. The number of carboxylic acid groups (broad SMARTS) is 1. The van der Waals surface area contributed by atoms with Crippen LogP contribution < -0.4 is 4.74 Å². The number of aliphatic hydroxyl groups is 1. The summed E-state index contributed by atoms with van der Waals surface area (Å²) in [7, 11) is 1.19. The SMILES string of the molecule is COc1c(F)cc(C(C)O)cc1C(=O)O. The number of hydrogen-bond acceptors (Lipinski definition) is 3. The molecule has 82 valence electrons. The Labute approximate surface area is 85.9 Å². The fourth-order valence-electron chi connectivity index (χ4n) is 1.22. The van der Waals surface area contributed by atoms with Crippen LogP contribution in [0.3, 0.4) is 0 Å². The molecule has 5 heteroatoms. The van der Waals surface area contributed by atoms with E-state index in [2.05, 4.69) is 4.74 Å². The molecule has 0 aliphatic rings. The van der Waals surface area contributed by atoms with E-state index < -0.39 is 17.9 Å². The van der Waals surface area contributed by atoms with E-state index in [1.54, 1.807) is 0 Å². The minimum absolute atomic E-state index is 0.200. The van der Waals surface area contributed by atoms with E-state index in [9.17, 15) is 14.3 Å². The number of aromatic carboxylic acids is 1. The molecule has 0 heterocycles. The second kappa shape index (κ2) is 4.27. The van der Waals surface area contributed by atoms with Crippen LogP contribution >= 0.6 is 0 Å². The number of carbonyl (C=O) groups is 1. The molecule has 0 bridgehead atoms. The van der Waals surface area contributed by atoms with E-state index >= 15 is 0 Å². The molecule has 0 aliphatic carbocycles. The van der Waals surface area contributed by atoms with Crippen LogP contribution in [0.25, 0.3) is 0 Å². The summed E-state index contributed by atoms with van der Waals surface area (Å²) in [4.78, 5) is 10.8. The van der Waals surface area contributed by atoms with Crippen LogP contribution in [0.15, 0.2) is 12.1 Å². The highest BCUT2D eigenvalue weighted by Crippen LogP contribution is 2.27. The van der Waals surface area contributed by atoms with Gasteiger partial charge in [-0.15, -0.1) is 0 Å². The fraction of sp³-hybridized carbons (Fsp3) is 0.300.